The first-order chi connectivity index (χ1) is 27.4. The maximum Gasteiger partial charge on any atom is 0.330 e. The average molecular weight is 747 g/mol. The van der Waals surface area contributed by atoms with Crippen molar-refractivity contribution in [1.29, 1.82) is 0 Å². The van der Waals surface area contributed by atoms with Crippen molar-refractivity contribution >= 4 is 32.3 Å². The van der Waals surface area contributed by atoms with Crippen molar-refractivity contribution in [3.05, 3.63) is 183 Å². The van der Waals surface area contributed by atoms with Gasteiger partial charge in [0.15, 0.2) is 12.3 Å². The van der Waals surface area contributed by atoms with Crippen LogP contribution in [0, 0.1) is 0 Å². The van der Waals surface area contributed by atoms with Gasteiger partial charge < -0.3 is 28.8 Å². The van der Waals surface area contributed by atoms with Crippen molar-refractivity contribution in [2.75, 3.05) is 20.8 Å². The summed E-state index contributed by atoms with van der Waals surface area (Å²) in [7, 11) is 3.23. The number of nitrogens with zero attached hydrogens (tertiary/aromatic N) is 1. The molecule has 4 atom stereocenters. The molecule has 2 N–H and O–H groups in total. The van der Waals surface area contributed by atoms with Crippen molar-refractivity contribution < 1.29 is 28.8 Å². The van der Waals surface area contributed by atoms with Crippen molar-refractivity contribution in [2.45, 2.75) is 30.1 Å². The Morgan fingerprint density at radius 1 is 0.679 bits per heavy atom. The third-order valence-electron chi connectivity index (χ3n) is 10.8. The van der Waals surface area contributed by atoms with Gasteiger partial charge >= 0.3 is 5.69 Å². The van der Waals surface area contributed by atoms with E-state index in [1.165, 1.54) is 16.8 Å². The van der Waals surface area contributed by atoms with E-state index in [0.29, 0.717) is 17.2 Å². The molecule has 56 heavy (non-hydrogen) atoms. The van der Waals surface area contributed by atoms with Gasteiger partial charge in [0.05, 0.1) is 20.8 Å². The normalized spacial score (nSPS) is 18.5. The fourth-order valence-corrected chi connectivity index (χ4v) is 8.07. The zero-order valence-electron chi connectivity index (χ0n) is 30.6. The Balaban J connectivity index is 1.13. The Hall–Kier alpha value is -6.46. The maximum atomic E-state index is 13.3. The lowest BCUT2D eigenvalue weighted by molar-refractivity contribution is -0.0955. The Labute approximate surface area is 321 Å². The molecule has 0 radical (unpaired) electrons. The van der Waals surface area contributed by atoms with Gasteiger partial charge in [-0.2, -0.15) is 0 Å². The first-order valence-corrected chi connectivity index (χ1v) is 18.3. The van der Waals surface area contributed by atoms with Crippen LogP contribution in [0.25, 0.3) is 32.3 Å². The van der Waals surface area contributed by atoms with E-state index < -0.39 is 41.4 Å². The predicted octanol–water partition coefficient (Wildman–Crippen LogP) is 7.17. The Bertz CT molecular complexity index is 2700. The second-order valence-electron chi connectivity index (χ2n) is 13.9. The predicted molar refractivity (Wildman–Crippen MR) is 214 cm³/mol. The zero-order chi connectivity index (χ0) is 38.4. The second kappa shape index (κ2) is 14.3. The van der Waals surface area contributed by atoms with Crippen molar-refractivity contribution in [3.63, 3.8) is 0 Å². The number of benzene rings is 7. The summed E-state index contributed by atoms with van der Waals surface area (Å²) in [6.07, 6.45) is -3.13. The van der Waals surface area contributed by atoms with Gasteiger partial charge in [-0.1, -0.05) is 97.1 Å². The summed E-state index contributed by atoms with van der Waals surface area (Å²) in [6, 6.07) is 44.7. The minimum atomic E-state index is -1.28. The SMILES string of the molecule is COc1ccc(C(OC[C@H]2O[C@@H](n3ccc(=O)[nH]c3=O)[C@@H](Oc3ccc4ccc5cccc6ccc3c4c56)C2O)(c2ccccc2)c2ccc(OC)cc2)cc1. The van der Waals surface area contributed by atoms with E-state index in [1.54, 1.807) is 14.2 Å². The summed E-state index contributed by atoms with van der Waals surface area (Å²) in [5.41, 5.74) is -0.0133. The van der Waals surface area contributed by atoms with Crippen LogP contribution in [-0.4, -0.2) is 53.8 Å². The van der Waals surface area contributed by atoms with E-state index >= 15 is 0 Å². The highest BCUT2D eigenvalue weighted by Gasteiger charge is 2.49. The van der Waals surface area contributed by atoms with Crippen LogP contribution in [0.3, 0.4) is 0 Å². The number of nitrogens with one attached hydrogen (secondary N) is 1. The molecule has 10 nitrogen and oxygen atoms in total. The maximum absolute atomic E-state index is 13.3. The molecule has 1 aromatic heterocycles. The minimum absolute atomic E-state index is 0.124. The molecule has 2 heterocycles. The molecule has 7 aromatic carbocycles. The summed E-state index contributed by atoms with van der Waals surface area (Å²) in [4.78, 5) is 27.8. The molecule has 280 valence electrons. The molecule has 0 bridgehead atoms. The van der Waals surface area contributed by atoms with Crippen LogP contribution in [0.4, 0.5) is 0 Å². The number of aromatic amines is 1. The number of aromatic nitrogens is 2. The quantitative estimate of drug-likeness (QED) is 0.106. The van der Waals surface area contributed by atoms with Crippen molar-refractivity contribution in [1.82, 2.24) is 9.55 Å². The van der Waals surface area contributed by atoms with Crippen molar-refractivity contribution in [2.24, 2.45) is 0 Å². The second-order valence-corrected chi connectivity index (χ2v) is 13.9. The molecule has 1 aliphatic rings. The number of H-pyrrole nitrogens is 1. The lowest BCUT2D eigenvalue weighted by atomic mass is 9.80. The summed E-state index contributed by atoms with van der Waals surface area (Å²) in [5, 5.41) is 18.5. The molecular weight excluding hydrogens is 709 g/mol. The number of methoxy groups -OCH3 is 2. The van der Waals surface area contributed by atoms with Crippen LogP contribution < -0.4 is 25.5 Å². The summed E-state index contributed by atoms with van der Waals surface area (Å²) >= 11 is 0. The highest BCUT2D eigenvalue weighted by atomic mass is 16.6. The molecule has 1 fully saturated rings. The topological polar surface area (TPSA) is 121 Å². The van der Waals surface area contributed by atoms with Gasteiger partial charge in [0.1, 0.15) is 35.1 Å². The van der Waals surface area contributed by atoms with Gasteiger partial charge in [-0.05, 0) is 74.6 Å². The van der Waals surface area contributed by atoms with Crippen LogP contribution in [0.2, 0.25) is 0 Å². The van der Waals surface area contributed by atoms with Gasteiger partial charge in [-0.3, -0.25) is 14.3 Å². The molecule has 9 rings (SSSR count). The van der Waals surface area contributed by atoms with Crippen LogP contribution in [-0.2, 0) is 15.1 Å². The molecular formula is C46H38N2O8. The minimum Gasteiger partial charge on any atom is -0.497 e. The number of aliphatic hydroxyl groups excluding tert-OH is 1. The van der Waals surface area contributed by atoms with Gasteiger partial charge in [0.25, 0.3) is 5.56 Å². The third kappa shape index (κ3) is 5.95. The Morgan fingerprint density at radius 3 is 1.89 bits per heavy atom. The van der Waals surface area contributed by atoms with E-state index in [4.69, 9.17) is 23.7 Å². The molecule has 1 aliphatic heterocycles. The molecule has 1 unspecified atom stereocenters. The highest BCUT2D eigenvalue weighted by Crippen LogP contribution is 2.44. The van der Waals surface area contributed by atoms with Gasteiger partial charge in [0.2, 0.25) is 0 Å². The van der Waals surface area contributed by atoms with E-state index in [0.717, 1.165) is 49.0 Å². The number of hydrogen-bond donors (Lipinski definition) is 2. The molecule has 0 aliphatic carbocycles. The standard InChI is InChI=1S/C46H38N2O8/c1-52-34-19-15-32(16-20-34)46(31-9-4-3-5-10-31,33-17-21-35(53-2)22-18-33)54-27-38-42(50)43(44(56-38)48-26-25-39(49)47-45(48)51)55-37-24-14-30-12-11-28-7-6-8-29-13-23-36(37)41(30)40(28)29/h3-26,38,42-44,50H,27H2,1-2H3,(H,47,49,51)/t38-,42?,43+,44-/m1/s1. The number of rotatable bonds is 11. The fraction of sp³-hybridized carbons (Fsp3) is 0.174. The monoisotopic (exact) mass is 746 g/mol. The zero-order valence-corrected chi connectivity index (χ0v) is 30.6. The van der Waals surface area contributed by atoms with Gasteiger partial charge in [0, 0.05) is 23.0 Å². The van der Waals surface area contributed by atoms with E-state index in [2.05, 4.69) is 35.3 Å². The average Bonchev–Trinajstić information content (AvgIpc) is 3.54. The van der Waals surface area contributed by atoms with E-state index in [-0.39, 0.29) is 6.61 Å². The third-order valence-corrected chi connectivity index (χ3v) is 10.8. The van der Waals surface area contributed by atoms with Crippen LogP contribution in [0.1, 0.15) is 22.9 Å². The summed E-state index contributed by atoms with van der Waals surface area (Å²) in [5.74, 6) is 1.88. The highest BCUT2D eigenvalue weighted by molar-refractivity contribution is 6.24. The molecule has 0 spiro atoms. The molecule has 0 amide bonds. The Kier molecular flexibility index (Phi) is 9.01. The number of aliphatic hydroxyl groups is 1. The number of hydrogen-bond acceptors (Lipinski definition) is 8. The fourth-order valence-electron chi connectivity index (χ4n) is 8.07. The van der Waals surface area contributed by atoms with E-state index in [9.17, 15) is 14.7 Å². The van der Waals surface area contributed by atoms with Gasteiger partial charge in [-0.15, -0.1) is 0 Å². The van der Waals surface area contributed by atoms with Crippen LogP contribution in [0.15, 0.2) is 155 Å². The van der Waals surface area contributed by atoms with Gasteiger partial charge in [-0.25, -0.2) is 4.79 Å². The molecule has 0 saturated carbocycles. The largest absolute Gasteiger partial charge is 0.497 e. The molecule has 8 aromatic rings. The lowest BCUT2D eigenvalue weighted by Gasteiger charge is -2.37. The number of ether oxygens (including phenoxy) is 5. The molecule has 1 saturated heterocycles. The van der Waals surface area contributed by atoms with Crippen LogP contribution >= 0.6 is 0 Å². The summed E-state index contributed by atoms with van der Waals surface area (Å²) in [6.45, 7) is -0.124. The lowest BCUT2D eigenvalue weighted by Crippen LogP contribution is -2.42. The van der Waals surface area contributed by atoms with E-state index in [1.807, 2.05) is 103 Å². The van der Waals surface area contributed by atoms with Crippen LogP contribution in [0.5, 0.6) is 17.2 Å². The smallest absolute Gasteiger partial charge is 0.330 e. The first kappa shape index (κ1) is 35.3. The molecule has 10 heteroatoms. The Morgan fingerprint density at radius 2 is 1.27 bits per heavy atom. The first-order valence-electron chi connectivity index (χ1n) is 18.3. The summed E-state index contributed by atoms with van der Waals surface area (Å²) < 4.78 is 32.7. The van der Waals surface area contributed by atoms with Crippen molar-refractivity contribution in [3.8, 4) is 17.2 Å².